The van der Waals surface area contributed by atoms with Crippen molar-refractivity contribution in [3.63, 3.8) is 0 Å². The van der Waals surface area contributed by atoms with Crippen LogP contribution in [0.1, 0.15) is 20.7 Å². The number of nitrogens with one attached hydrogen (secondary N) is 1. The second-order valence-electron chi connectivity index (χ2n) is 4.96. The van der Waals surface area contributed by atoms with Gasteiger partial charge in [-0.3, -0.25) is 9.59 Å². The average Bonchev–Trinajstić information content (AvgIpc) is 2.63. The van der Waals surface area contributed by atoms with Crippen LogP contribution in [-0.2, 0) is 0 Å². The minimum absolute atomic E-state index is 0.240. The lowest BCUT2D eigenvalue weighted by Crippen LogP contribution is -2.14. The van der Waals surface area contributed by atoms with Gasteiger partial charge in [-0.1, -0.05) is 48.5 Å². The number of hydrogen-bond donors (Lipinski definition) is 1. The van der Waals surface area contributed by atoms with Crippen molar-refractivity contribution in [3.8, 4) is 11.1 Å². The summed E-state index contributed by atoms with van der Waals surface area (Å²) in [5.74, 6) is 0.166. The van der Waals surface area contributed by atoms with Crippen LogP contribution in [0.4, 0.5) is 5.82 Å². The largest absolute Gasteiger partial charge is 0.307 e. The molecule has 0 spiro atoms. The van der Waals surface area contributed by atoms with Gasteiger partial charge in [0.2, 0.25) is 0 Å². The van der Waals surface area contributed by atoms with Gasteiger partial charge in [0, 0.05) is 17.3 Å². The van der Waals surface area contributed by atoms with E-state index in [-0.39, 0.29) is 5.91 Å². The summed E-state index contributed by atoms with van der Waals surface area (Å²) in [5, 5.41) is 2.75. The molecular formula is C19H14N2O2. The van der Waals surface area contributed by atoms with E-state index in [1.54, 1.807) is 18.2 Å². The molecule has 23 heavy (non-hydrogen) atoms. The average molecular weight is 302 g/mol. The molecule has 1 heterocycles. The first kappa shape index (κ1) is 14.7. The normalized spacial score (nSPS) is 10.1. The van der Waals surface area contributed by atoms with Gasteiger partial charge in [-0.05, 0) is 29.3 Å². The number of aldehydes is 1. The smallest absolute Gasteiger partial charge is 0.257 e. The van der Waals surface area contributed by atoms with Gasteiger partial charge in [0.15, 0.2) is 6.29 Å². The molecule has 1 aromatic heterocycles. The molecule has 0 aliphatic heterocycles. The van der Waals surface area contributed by atoms with Gasteiger partial charge in [0.1, 0.15) is 5.82 Å². The third-order valence-electron chi connectivity index (χ3n) is 3.42. The maximum absolute atomic E-state index is 12.5. The molecule has 4 nitrogen and oxygen atoms in total. The molecule has 0 saturated carbocycles. The molecule has 0 unspecified atom stereocenters. The summed E-state index contributed by atoms with van der Waals surface area (Å²) in [7, 11) is 0. The number of benzene rings is 2. The van der Waals surface area contributed by atoms with Crippen molar-refractivity contribution in [2.24, 2.45) is 0 Å². The predicted octanol–water partition coefficient (Wildman–Crippen LogP) is 3.81. The van der Waals surface area contributed by atoms with Crippen LogP contribution >= 0.6 is 0 Å². The monoisotopic (exact) mass is 302 g/mol. The molecule has 0 saturated heterocycles. The zero-order valence-corrected chi connectivity index (χ0v) is 12.3. The lowest BCUT2D eigenvalue weighted by molar-refractivity contribution is 0.102. The van der Waals surface area contributed by atoms with E-state index < -0.39 is 0 Å². The van der Waals surface area contributed by atoms with E-state index in [0.29, 0.717) is 23.2 Å². The first-order valence-corrected chi connectivity index (χ1v) is 7.15. The Kier molecular flexibility index (Phi) is 4.25. The van der Waals surface area contributed by atoms with Crippen LogP contribution in [0.15, 0.2) is 72.9 Å². The summed E-state index contributed by atoms with van der Waals surface area (Å²) in [4.78, 5) is 27.2. The number of amides is 1. The number of hydrogen-bond acceptors (Lipinski definition) is 3. The zero-order chi connectivity index (χ0) is 16.1. The Labute approximate surface area is 133 Å². The maximum Gasteiger partial charge on any atom is 0.257 e. The minimum Gasteiger partial charge on any atom is -0.307 e. The summed E-state index contributed by atoms with van der Waals surface area (Å²) in [6.45, 7) is 0. The van der Waals surface area contributed by atoms with E-state index in [2.05, 4.69) is 10.3 Å². The van der Waals surface area contributed by atoms with Gasteiger partial charge in [0.05, 0.1) is 0 Å². The second kappa shape index (κ2) is 6.66. The highest BCUT2D eigenvalue weighted by Gasteiger charge is 2.12. The quantitative estimate of drug-likeness (QED) is 0.745. The maximum atomic E-state index is 12.5. The van der Waals surface area contributed by atoms with E-state index in [9.17, 15) is 9.59 Å². The number of nitrogens with zero attached hydrogens (tertiary/aromatic N) is 1. The van der Waals surface area contributed by atoms with Gasteiger partial charge in [-0.25, -0.2) is 4.98 Å². The van der Waals surface area contributed by atoms with Crippen molar-refractivity contribution >= 4 is 18.0 Å². The predicted molar refractivity (Wildman–Crippen MR) is 89.5 cm³/mol. The van der Waals surface area contributed by atoms with Gasteiger partial charge in [-0.2, -0.15) is 0 Å². The van der Waals surface area contributed by atoms with Crippen molar-refractivity contribution < 1.29 is 9.59 Å². The fraction of sp³-hybridized carbons (Fsp3) is 0. The molecule has 1 N–H and O–H groups in total. The van der Waals surface area contributed by atoms with Crippen molar-refractivity contribution in [1.82, 2.24) is 4.98 Å². The van der Waals surface area contributed by atoms with E-state index in [4.69, 9.17) is 0 Å². The molecule has 3 rings (SSSR count). The second-order valence-corrected chi connectivity index (χ2v) is 4.96. The molecule has 0 atom stereocenters. The Hall–Kier alpha value is -3.27. The van der Waals surface area contributed by atoms with Gasteiger partial charge < -0.3 is 5.32 Å². The molecule has 0 aliphatic carbocycles. The van der Waals surface area contributed by atoms with Gasteiger partial charge in [-0.15, -0.1) is 0 Å². The van der Waals surface area contributed by atoms with E-state index in [0.717, 1.165) is 11.1 Å². The highest BCUT2D eigenvalue weighted by molar-refractivity contribution is 6.08. The van der Waals surface area contributed by atoms with E-state index in [1.807, 2.05) is 48.5 Å². The molecule has 0 bridgehead atoms. The van der Waals surface area contributed by atoms with Gasteiger partial charge in [0.25, 0.3) is 5.91 Å². The summed E-state index contributed by atoms with van der Waals surface area (Å²) >= 11 is 0. The number of carbonyl (C=O) groups is 2. The lowest BCUT2D eigenvalue weighted by Gasteiger charge is -2.10. The first-order chi connectivity index (χ1) is 11.3. The Balaban J connectivity index is 1.89. The van der Waals surface area contributed by atoms with Crippen LogP contribution in [0.3, 0.4) is 0 Å². The number of aromatic nitrogens is 1. The van der Waals surface area contributed by atoms with Crippen LogP contribution in [0.25, 0.3) is 11.1 Å². The Morgan fingerprint density at radius 1 is 0.913 bits per heavy atom. The number of anilines is 1. The minimum atomic E-state index is -0.240. The van der Waals surface area contributed by atoms with E-state index in [1.165, 1.54) is 6.20 Å². The molecule has 112 valence electrons. The molecule has 4 heteroatoms. The fourth-order valence-corrected chi connectivity index (χ4v) is 2.28. The highest BCUT2D eigenvalue weighted by Crippen LogP contribution is 2.24. The molecule has 2 aromatic carbocycles. The summed E-state index contributed by atoms with van der Waals surface area (Å²) in [6.07, 6.45) is 2.13. The van der Waals surface area contributed by atoms with Crippen molar-refractivity contribution in [2.75, 3.05) is 5.32 Å². The molecule has 0 aliphatic rings. The Morgan fingerprint density at radius 3 is 2.35 bits per heavy atom. The number of carbonyl (C=O) groups excluding carboxylic acids is 2. The molecule has 0 radical (unpaired) electrons. The van der Waals surface area contributed by atoms with Crippen molar-refractivity contribution in [1.29, 1.82) is 0 Å². The van der Waals surface area contributed by atoms with Crippen LogP contribution in [-0.4, -0.2) is 17.2 Å². The zero-order valence-electron chi connectivity index (χ0n) is 12.3. The lowest BCUT2D eigenvalue weighted by atomic mass is 9.99. The fourth-order valence-electron chi connectivity index (χ4n) is 2.28. The van der Waals surface area contributed by atoms with Crippen molar-refractivity contribution in [2.45, 2.75) is 0 Å². The topological polar surface area (TPSA) is 59.1 Å². The standard InChI is InChI=1S/C19H14N2O2/c22-13-14-10-11-18(20-12-14)21-19(23)17-9-5-4-8-16(17)15-6-2-1-3-7-15/h1-13H,(H,20,21,23). The SMILES string of the molecule is O=Cc1ccc(NC(=O)c2ccccc2-c2ccccc2)nc1. The molecule has 1 amide bonds. The first-order valence-electron chi connectivity index (χ1n) is 7.15. The number of pyridine rings is 1. The third-order valence-corrected chi connectivity index (χ3v) is 3.42. The third kappa shape index (κ3) is 3.32. The van der Waals surface area contributed by atoms with Crippen LogP contribution in [0, 0.1) is 0 Å². The van der Waals surface area contributed by atoms with E-state index >= 15 is 0 Å². The van der Waals surface area contributed by atoms with Gasteiger partial charge >= 0.3 is 0 Å². The number of rotatable bonds is 4. The Bertz CT molecular complexity index is 828. The van der Waals surface area contributed by atoms with Crippen LogP contribution in [0.2, 0.25) is 0 Å². The summed E-state index contributed by atoms with van der Waals surface area (Å²) in [6, 6.07) is 20.3. The van der Waals surface area contributed by atoms with Crippen molar-refractivity contribution in [3.05, 3.63) is 84.1 Å². The Morgan fingerprint density at radius 2 is 1.65 bits per heavy atom. The highest BCUT2D eigenvalue weighted by atomic mass is 16.1. The van der Waals surface area contributed by atoms with Crippen LogP contribution in [0.5, 0.6) is 0 Å². The summed E-state index contributed by atoms with van der Waals surface area (Å²) < 4.78 is 0. The molecular weight excluding hydrogens is 288 g/mol. The molecule has 3 aromatic rings. The molecule has 0 fully saturated rings. The van der Waals surface area contributed by atoms with Crippen LogP contribution < -0.4 is 5.32 Å². The summed E-state index contributed by atoms with van der Waals surface area (Å²) in [5.41, 5.74) is 2.87.